The van der Waals surface area contributed by atoms with Crippen LogP contribution in [0.5, 0.6) is 0 Å². The first kappa shape index (κ1) is 15.8. The molecule has 1 aliphatic rings. The lowest BCUT2D eigenvalue weighted by molar-refractivity contribution is -0.384. The predicted molar refractivity (Wildman–Crippen MR) is 93.9 cm³/mol. The second-order valence-corrected chi connectivity index (χ2v) is 5.96. The van der Waals surface area contributed by atoms with E-state index in [1.807, 2.05) is 23.1 Å². The quantitative estimate of drug-likeness (QED) is 0.534. The summed E-state index contributed by atoms with van der Waals surface area (Å²) in [4.78, 5) is 13.9. The second kappa shape index (κ2) is 6.29. The predicted octanol–water partition coefficient (Wildman–Crippen LogP) is 2.61. The van der Waals surface area contributed by atoms with Crippen molar-refractivity contribution in [3.8, 4) is 11.8 Å². The van der Waals surface area contributed by atoms with E-state index < -0.39 is 4.92 Å². The van der Waals surface area contributed by atoms with E-state index in [1.54, 1.807) is 18.2 Å². The Labute approximate surface area is 149 Å². The Morgan fingerprint density at radius 2 is 1.81 bits per heavy atom. The number of hydrogen-bond acceptors (Lipinski definition) is 6. The number of nitrogens with zero attached hydrogens (tertiary/aromatic N) is 6. The van der Waals surface area contributed by atoms with Crippen molar-refractivity contribution in [1.29, 1.82) is 5.26 Å². The van der Waals surface area contributed by atoms with Crippen LogP contribution in [0.3, 0.4) is 0 Å². The van der Waals surface area contributed by atoms with Gasteiger partial charge in [0.1, 0.15) is 6.07 Å². The maximum atomic E-state index is 11.3. The van der Waals surface area contributed by atoms with Crippen LogP contribution in [0.4, 0.5) is 11.5 Å². The molecule has 0 saturated carbocycles. The van der Waals surface area contributed by atoms with Crippen molar-refractivity contribution < 1.29 is 4.92 Å². The molecule has 0 atom stereocenters. The lowest BCUT2D eigenvalue weighted by Crippen LogP contribution is -2.31. The third-order valence-corrected chi connectivity index (χ3v) is 4.43. The zero-order chi connectivity index (χ0) is 18.1. The molecule has 0 radical (unpaired) electrons. The standard InChI is InChI=1S/C18H14N6O2/c19-11-15-18(22-10-9-13-5-1-2-6-14(13)12-22)21-23(20-15)16-7-3-4-8-17(16)24(25)26/h1-8H,9-10,12H2. The van der Waals surface area contributed by atoms with Crippen molar-refractivity contribution in [2.45, 2.75) is 13.0 Å². The van der Waals surface area contributed by atoms with Gasteiger partial charge in [0.2, 0.25) is 5.69 Å². The monoisotopic (exact) mass is 346 g/mol. The number of nitro groups is 1. The number of aromatic nitrogens is 3. The number of fused-ring (bicyclic) bond motifs is 1. The summed E-state index contributed by atoms with van der Waals surface area (Å²) in [6.45, 7) is 1.34. The van der Waals surface area contributed by atoms with E-state index in [0.29, 0.717) is 18.9 Å². The number of hydrogen-bond donors (Lipinski definition) is 0. The van der Waals surface area contributed by atoms with Crippen LogP contribution in [0.25, 0.3) is 5.69 Å². The van der Waals surface area contributed by atoms with Crippen molar-refractivity contribution >= 4 is 11.5 Å². The minimum Gasteiger partial charge on any atom is -0.348 e. The molecule has 4 rings (SSSR count). The van der Waals surface area contributed by atoms with Gasteiger partial charge in [-0.05, 0) is 23.6 Å². The molecule has 0 spiro atoms. The van der Waals surface area contributed by atoms with Gasteiger partial charge in [-0.1, -0.05) is 36.4 Å². The fourth-order valence-corrected chi connectivity index (χ4v) is 3.16. The zero-order valence-electron chi connectivity index (χ0n) is 13.7. The van der Waals surface area contributed by atoms with E-state index in [0.717, 1.165) is 6.42 Å². The normalized spacial score (nSPS) is 13.1. The van der Waals surface area contributed by atoms with Crippen LogP contribution in [-0.4, -0.2) is 26.5 Å². The first-order valence-corrected chi connectivity index (χ1v) is 8.10. The van der Waals surface area contributed by atoms with Gasteiger partial charge >= 0.3 is 0 Å². The van der Waals surface area contributed by atoms with E-state index >= 15 is 0 Å². The zero-order valence-corrected chi connectivity index (χ0v) is 13.7. The molecule has 0 fully saturated rings. The van der Waals surface area contributed by atoms with Gasteiger partial charge in [-0.15, -0.1) is 15.0 Å². The van der Waals surface area contributed by atoms with Crippen molar-refractivity contribution in [1.82, 2.24) is 15.0 Å². The SMILES string of the molecule is N#Cc1nn(-c2ccccc2[N+](=O)[O-])nc1N1CCc2ccccc2C1. The number of para-hydroxylation sites is 2. The summed E-state index contributed by atoms with van der Waals surface area (Å²) in [5.74, 6) is 0.445. The Kier molecular flexibility index (Phi) is 3.82. The molecule has 8 nitrogen and oxygen atoms in total. The number of benzene rings is 2. The Morgan fingerprint density at radius 3 is 2.58 bits per heavy atom. The van der Waals surface area contributed by atoms with Gasteiger partial charge in [0.15, 0.2) is 11.5 Å². The molecule has 0 saturated heterocycles. The topological polar surface area (TPSA) is 101 Å². The van der Waals surface area contributed by atoms with Crippen LogP contribution < -0.4 is 4.90 Å². The van der Waals surface area contributed by atoms with Gasteiger partial charge in [-0.3, -0.25) is 10.1 Å². The molecule has 0 unspecified atom stereocenters. The molecule has 128 valence electrons. The summed E-state index contributed by atoms with van der Waals surface area (Å²) in [6, 6.07) is 16.4. The second-order valence-electron chi connectivity index (χ2n) is 5.96. The van der Waals surface area contributed by atoms with Crippen LogP contribution >= 0.6 is 0 Å². The minimum absolute atomic E-state index is 0.109. The molecule has 0 amide bonds. The molecule has 2 heterocycles. The van der Waals surface area contributed by atoms with Crippen LogP contribution in [0, 0.1) is 21.4 Å². The molecule has 0 N–H and O–H groups in total. The molecule has 1 aliphatic heterocycles. The highest BCUT2D eigenvalue weighted by Gasteiger charge is 2.25. The molecule has 1 aromatic heterocycles. The van der Waals surface area contributed by atoms with Gasteiger partial charge < -0.3 is 4.90 Å². The summed E-state index contributed by atoms with van der Waals surface area (Å²) >= 11 is 0. The summed E-state index contributed by atoms with van der Waals surface area (Å²) < 4.78 is 0. The van der Waals surface area contributed by atoms with Crippen molar-refractivity contribution in [3.63, 3.8) is 0 Å². The van der Waals surface area contributed by atoms with Gasteiger partial charge in [-0.2, -0.15) is 5.26 Å². The number of anilines is 1. The molecule has 0 aliphatic carbocycles. The third-order valence-electron chi connectivity index (χ3n) is 4.43. The summed E-state index contributed by atoms with van der Waals surface area (Å²) in [7, 11) is 0. The highest BCUT2D eigenvalue weighted by Crippen LogP contribution is 2.27. The average Bonchev–Trinajstić information content (AvgIpc) is 3.12. The first-order chi connectivity index (χ1) is 12.7. The average molecular weight is 346 g/mol. The molecule has 0 bridgehead atoms. The summed E-state index contributed by atoms with van der Waals surface area (Å²) in [5, 5.41) is 29.3. The number of nitro benzene ring substituents is 1. The summed E-state index contributed by atoms with van der Waals surface area (Å²) in [5.41, 5.74) is 2.75. The fraction of sp³-hybridized carbons (Fsp3) is 0.167. The highest BCUT2D eigenvalue weighted by molar-refractivity contribution is 5.55. The van der Waals surface area contributed by atoms with Gasteiger partial charge in [0, 0.05) is 19.2 Å². The molecule has 26 heavy (non-hydrogen) atoms. The molecular formula is C18H14N6O2. The number of rotatable bonds is 3. The highest BCUT2D eigenvalue weighted by atomic mass is 16.6. The Morgan fingerprint density at radius 1 is 1.08 bits per heavy atom. The fourth-order valence-electron chi connectivity index (χ4n) is 3.16. The molecule has 2 aromatic carbocycles. The van der Waals surface area contributed by atoms with Crippen LogP contribution in [0.15, 0.2) is 48.5 Å². The third kappa shape index (κ3) is 2.65. The van der Waals surface area contributed by atoms with E-state index in [2.05, 4.69) is 22.3 Å². The molecular weight excluding hydrogens is 332 g/mol. The van der Waals surface area contributed by atoms with E-state index in [9.17, 15) is 15.4 Å². The van der Waals surface area contributed by atoms with Gasteiger partial charge in [0.05, 0.1) is 4.92 Å². The van der Waals surface area contributed by atoms with Crippen LogP contribution in [-0.2, 0) is 13.0 Å². The number of nitriles is 1. The van der Waals surface area contributed by atoms with Crippen molar-refractivity contribution in [3.05, 3.63) is 75.5 Å². The maximum Gasteiger partial charge on any atom is 0.296 e. The Bertz CT molecular complexity index is 1040. The Balaban J connectivity index is 1.74. The smallest absolute Gasteiger partial charge is 0.296 e. The lowest BCUT2D eigenvalue weighted by Gasteiger charge is -2.28. The van der Waals surface area contributed by atoms with Crippen molar-refractivity contribution in [2.75, 3.05) is 11.4 Å². The van der Waals surface area contributed by atoms with Crippen molar-refractivity contribution in [2.24, 2.45) is 0 Å². The Hall–Kier alpha value is -3.73. The maximum absolute atomic E-state index is 11.3. The minimum atomic E-state index is -0.485. The largest absolute Gasteiger partial charge is 0.348 e. The van der Waals surface area contributed by atoms with E-state index in [4.69, 9.17) is 0 Å². The molecule has 3 aromatic rings. The van der Waals surface area contributed by atoms with Crippen LogP contribution in [0.1, 0.15) is 16.8 Å². The lowest BCUT2D eigenvalue weighted by atomic mass is 10.00. The first-order valence-electron chi connectivity index (χ1n) is 8.10. The van der Waals surface area contributed by atoms with Crippen LogP contribution in [0.2, 0.25) is 0 Å². The summed E-state index contributed by atoms with van der Waals surface area (Å²) in [6.07, 6.45) is 0.847. The van der Waals surface area contributed by atoms with E-state index in [-0.39, 0.29) is 17.1 Å². The van der Waals surface area contributed by atoms with Gasteiger partial charge in [0.25, 0.3) is 5.69 Å². The molecule has 8 heteroatoms. The van der Waals surface area contributed by atoms with Gasteiger partial charge in [-0.25, -0.2) is 0 Å². The van der Waals surface area contributed by atoms with E-state index in [1.165, 1.54) is 22.0 Å².